The summed E-state index contributed by atoms with van der Waals surface area (Å²) >= 11 is 0. The van der Waals surface area contributed by atoms with Gasteiger partial charge in [0, 0.05) is 12.1 Å². The van der Waals surface area contributed by atoms with Crippen molar-refractivity contribution in [3.8, 4) is 5.75 Å². The Morgan fingerprint density at radius 2 is 1.36 bits per heavy atom. The number of rotatable bonds is 12. The first-order valence-corrected chi connectivity index (χ1v) is 10.9. The van der Waals surface area contributed by atoms with Gasteiger partial charge in [0.1, 0.15) is 5.75 Å². The van der Waals surface area contributed by atoms with Crippen LogP contribution in [0.4, 0.5) is 5.69 Å². The van der Waals surface area contributed by atoms with Crippen molar-refractivity contribution in [2.75, 3.05) is 32.2 Å². The number of hydrogen-bond donors (Lipinski definition) is 1. The summed E-state index contributed by atoms with van der Waals surface area (Å²) in [4.78, 5) is 40.1. The molecule has 2 rings (SSSR count). The highest BCUT2D eigenvalue weighted by atomic mass is 16.6. The Bertz CT molecular complexity index is 894. The molecule has 8 nitrogen and oxygen atoms in total. The smallest absolute Gasteiger partial charge is 0.330 e. The van der Waals surface area contributed by atoms with Gasteiger partial charge in [0.2, 0.25) is 0 Å². The highest BCUT2D eigenvalue weighted by Crippen LogP contribution is 2.35. The third kappa shape index (κ3) is 6.25. The van der Waals surface area contributed by atoms with Crippen molar-refractivity contribution < 1.29 is 33.3 Å². The Kier molecular flexibility index (Phi) is 9.72. The zero-order valence-corrected chi connectivity index (χ0v) is 19.5. The lowest BCUT2D eigenvalue weighted by Crippen LogP contribution is -2.59. The Morgan fingerprint density at radius 3 is 1.85 bits per heavy atom. The SMILES string of the molecule is CCOC(=O)[C@@H](Nc1ccc(OC)cc1)C(Cc1ccccc1)(C(=O)OCC)C(=O)OCC. The zero-order valence-electron chi connectivity index (χ0n) is 19.5. The molecule has 0 aromatic heterocycles. The minimum atomic E-state index is -2.03. The Labute approximate surface area is 194 Å². The van der Waals surface area contributed by atoms with Crippen LogP contribution in [-0.2, 0) is 35.0 Å². The third-order valence-corrected chi connectivity index (χ3v) is 5.02. The molecule has 0 aliphatic carbocycles. The largest absolute Gasteiger partial charge is 0.497 e. The van der Waals surface area contributed by atoms with Crippen molar-refractivity contribution in [1.29, 1.82) is 0 Å². The maximum absolute atomic E-state index is 13.4. The minimum Gasteiger partial charge on any atom is -0.497 e. The van der Waals surface area contributed by atoms with E-state index in [1.54, 1.807) is 69.3 Å². The van der Waals surface area contributed by atoms with E-state index in [-0.39, 0.29) is 26.2 Å². The van der Waals surface area contributed by atoms with E-state index in [1.807, 2.05) is 6.07 Å². The molecular formula is C25H31NO7. The number of hydrogen-bond acceptors (Lipinski definition) is 8. The first-order valence-electron chi connectivity index (χ1n) is 10.9. The molecule has 1 N–H and O–H groups in total. The first-order chi connectivity index (χ1) is 15.9. The lowest BCUT2D eigenvalue weighted by molar-refractivity contribution is -0.178. The van der Waals surface area contributed by atoms with Crippen molar-refractivity contribution in [2.24, 2.45) is 5.41 Å². The fourth-order valence-electron chi connectivity index (χ4n) is 3.47. The standard InChI is InChI=1S/C25H31NO7/c1-5-31-22(27)21(26-19-13-15-20(30-4)16-14-19)25(23(28)32-6-2,24(29)33-7-3)17-18-11-9-8-10-12-18/h8-16,21,26H,5-7,17H2,1-4H3/t21-/m1/s1. The minimum absolute atomic E-state index is 0.0207. The van der Waals surface area contributed by atoms with Crippen molar-refractivity contribution >= 4 is 23.6 Å². The summed E-state index contributed by atoms with van der Waals surface area (Å²) in [5.74, 6) is -1.90. The van der Waals surface area contributed by atoms with Crippen molar-refractivity contribution in [2.45, 2.75) is 33.2 Å². The maximum Gasteiger partial charge on any atom is 0.330 e. The molecule has 0 bridgehead atoms. The number of benzene rings is 2. The van der Waals surface area contributed by atoms with E-state index in [2.05, 4.69) is 5.32 Å². The first kappa shape index (κ1) is 25.7. The van der Waals surface area contributed by atoms with Crippen molar-refractivity contribution in [3.05, 3.63) is 60.2 Å². The molecule has 0 spiro atoms. The van der Waals surface area contributed by atoms with Crippen LogP contribution in [0.25, 0.3) is 0 Å². The number of carbonyl (C=O) groups excluding carboxylic acids is 3. The van der Waals surface area contributed by atoms with Crippen LogP contribution >= 0.6 is 0 Å². The predicted octanol–water partition coefficient (Wildman–Crippen LogP) is 3.39. The van der Waals surface area contributed by atoms with Crippen molar-refractivity contribution in [3.63, 3.8) is 0 Å². The molecule has 0 aliphatic rings. The molecule has 0 amide bonds. The van der Waals surface area contributed by atoms with E-state index in [4.69, 9.17) is 18.9 Å². The van der Waals surface area contributed by atoms with Gasteiger partial charge in [-0.2, -0.15) is 0 Å². The van der Waals surface area contributed by atoms with Crippen LogP contribution in [0.3, 0.4) is 0 Å². The second-order valence-electron chi connectivity index (χ2n) is 7.13. The second-order valence-corrected chi connectivity index (χ2v) is 7.13. The summed E-state index contributed by atoms with van der Waals surface area (Å²) in [6.45, 7) is 5.02. The molecular weight excluding hydrogens is 426 g/mol. The molecule has 8 heteroatoms. The lowest BCUT2D eigenvalue weighted by atomic mass is 9.74. The van der Waals surface area contributed by atoms with Crippen LogP contribution < -0.4 is 10.1 Å². The van der Waals surface area contributed by atoms with Crippen LogP contribution in [-0.4, -0.2) is 50.9 Å². The number of nitrogens with one attached hydrogen (secondary N) is 1. The van der Waals surface area contributed by atoms with Gasteiger partial charge in [-0.15, -0.1) is 0 Å². The molecule has 0 radical (unpaired) electrons. The molecule has 178 valence electrons. The molecule has 33 heavy (non-hydrogen) atoms. The highest BCUT2D eigenvalue weighted by Gasteiger charge is 2.58. The van der Waals surface area contributed by atoms with E-state index >= 15 is 0 Å². The van der Waals surface area contributed by atoms with Gasteiger partial charge in [0.15, 0.2) is 11.5 Å². The second kappa shape index (κ2) is 12.5. The third-order valence-electron chi connectivity index (χ3n) is 5.02. The number of methoxy groups -OCH3 is 1. The molecule has 0 unspecified atom stereocenters. The predicted molar refractivity (Wildman–Crippen MR) is 123 cm³/mol. The fraction of sp³-hybridized carbons (Fsp3) is 0.400. The number of ether oxygens (including phenoxy) is 4. The molecule has 0 aliphatic heterocycles. The lowest BCUT2D eigenvalue weighted by Gasteiger charge is -2.36. The zero-order chi connectivity index (χ0) is 24.3. The van der Waals surface area contributed by atoms with E-state index < -0.39 is 29.4 Å². The fourth-order valence-corrected chi connectivity index (χ4v) is 3.47. The topological polar surface area (TPSA) is 100 Å². The Morgan fingerprint density at radius 1 is 0.818 bits per heavy atom. The Hall–Kier alpha value is -3.55. The van der Waals surface area contributed by atoms with Crippen LogP contribution in [0.15, 0.2) is 54.6 Å². The van der Waals surface area contributed by atoms with Crippen LogP contribution in [0.2, 0.25) is 0 Å². The summed E-state index contributed by atoms with van der Waals surface area (Å²) in [5.41, 5.74) is -0.885. The quantitative estimate of drug-likeness (QED) is 0.294. The van der Waals surface area contributed by atoms with Crippen molar-refractivity contribution in [1.82, 2.24) is 0 Å². The highest BCUT2D eigenvalue weighted by molar-refractivity contribution is 6.06. The van der Waals surface area contributed by atoms with Gasteiger partial charge in [-0.05, 0) is 50.6 Å². The average Bonchev–Trinajstić information content (AvgIpc) is 2.82. The van der Waals surface area contributed by atoms with E-state index in [9.17, 15) is 14.4 Å². The summed E-state index contributed by atoms with van der Waals surface area (Å²) in [6, 6.07) is 14.2. The molecule has 0 saturated heterocycles. The molecule has 0 saturated carbocycles. The summed E-state index contributed by atoms with van der Waals surface area (Å²) in [5, 5.41) is 3.02. The van der Waals surface area contributed by atoms with Crippen LogP contribution in [0.5, 0.6) is 5.75 Å². The molecule has 2 aromatic rings. The van der Waals surface area contributed by atoms with E-state index in [0.717, 1.165) is 0 Å². The number of carbonyl (C=O) groups is 3. The van der Waals surface area contributed by atoms with Gasteiger partial charge in [-0.1, -0.05) is 30.3 Å². The van der Waals surface area contributed by atoms with Gasteiger partial charge in [0.05, 0.1) is 26.9 Å². The summed E-state index contributed by atoms with van der Waals surface area (Å²) < 4.78 is 21.1. The number of anilines is 1. The normalized spacial score (nSPS) is 11.8. The molecule has 2 aromatic carbocycles. The molecule has 0 fully saturated rings. The number of esters is 3. The van der Waals surface area contributed by atoms with Gasteiger partial charge in [-0.25, -0.2) is 4.79 Å². The average molecular weight is 458 g/mol. The summed E-state index contributed by atoms with van der Waals surface area (Å²) in [7, 11) is 1.54. The van der Waals surface area contributed by atoms with Crippen LogP contribution in [0.1, 0.15) is 26.3 Å². The maximum atomic E-state index is 13.4. The molecule has 1 atom stereocenters. The summed E-state index contributed by atoms with van der Waals surface area (Å²) in [6.07, 6.45) is -0.127. The van der Waals surface area contributed by atoms with Gasteiger partial charge in [-0.3, -0.25) is 9.59 Å². The van der Waals surface area contributed by atoms with E-state index in [0.29, 0.717) is 17.0 Å². The van der Waals surface area contributed by atoms with Gasteiger partial charge >= 0.3 is 17.9 Å². The Balaban J connectivity index is 2.67. The van der Waals surface area contributed by atoms with Gasteiger partial charge < -0.3 is 24.3 Å². The monoisotopic (exact) mass is 457 g/mol. The molecule has 0 heterocycles. The van der Waals surface area contributed by atoms with Crippen LogP contribution in [0, 0.1) is 5.41 Å². The van der Waals surface area contributed by atoms with E-state index in [1.165, 1.54) is 7.11 Å². The van der Waals surface area contributed by atoms with Gasteiger partial charge in [0.25, 0.3) is 0 Å².